The van der Waals surface area contributed by atoms with Crippen molar-refractivity contribution in [2.75, 3.05) is 13.2 Å². The van der Waals surface area contributed by atoms with Crippen molar-refractivity contribution in [1.29, 1.82) is 0 Å². The molecule has 20 heavy (non-hydrogen) atoms. The Kier molecular flexibility index (Phi) is 6.30. The fraction of sp³-hybridized carbons (Fsp3) is 0.938. The van der Waals surface area contributed by atoms with E-state index in [1.54, 1.807) is 0 Å². The molecule has 1 saturated carbocycles. The van der Waals surface area contributed by atoms with Gasteiger partial charge in [-0.1, -0.05) is 26.2 Å². The lowest BCUT2D eigenvalue weighted by atomic mass is 9.85. The monoisotopic (exact) mass is 282 g/mol. The van der Waals surface area contributed by atoms with Crippen LogP contribution in [-0.2, 0) is 4.79 Å². The highest BCUT2D eigenvalue weighted by atomic mass is 16.3. The molecular formula is C16H30N2O2. The molecular weight excluding hydrogens is 252 g/mol. The van der Waals surface area contributed by atoms with E-state index in [-0.39, 0.29) is 18.6 Å². The molecule has 4 nitrogen and oxygen atoms in total. The molecule has 2 fully saturated rings. The number of hydrogen-bond donors (Lipinski definition) is 3. The summed E-state index contributed by atoms with van der Waals surface area (Å²) in [5, 5.41) is 15.7. The summed E-state index contributed by atoms with van der Waals surface area (Å²) in [5.41, 5.74) is 0. The van der Waals surface area contributed by atoms with Gasteiger partial charge in [0.05, 0.1) is 6.04 Å². The second kappa shape index (κ2) is 7.99. The summed E-state index contributed by atoms with van der Waals surface area (Å²) in [5.74, 6) is 1.29. The third-order valence-corrected chi connectivity index (χ3v) is 4.98. The summed E-state index contributed by atoms with van der Waals surface area (Å²) in [6.07, 6.45) is 9.12. The molecule has 1 aliphatic heterocycles. The number of nitrogens with one attached hydrogen (secondary N) is 2. The molecule has 3 N–H and O–H groups in total. The van der Waals surface area contributed by atoms with Crippen LogP contribution in [0.3, 0.4) is 0 Å². The second-order valence-corrected chi connectivity index (χ2v) is 6.52. The van der Waals surface area contributed by atoms with Crippen LogP contribution in [0.5, 0.6) is 0 Å². The first-order chi connectivity index (χ1) is 9.74. The molecule has 0 aromatic rings. The Balaban J connectivity index is 1.74. The Hall–Kier alpha value is -0.610. The van der Waals surface area contributed by atoms with Crippen LogP contribution in [0.15, 0.2) is 0 Å². The number of rotatable bonds is 7. The lowest BCUT2D eigenvalue weighted by Crippen LogP contribution is -2.44. The number of aliphatic hydroxyl groups is 1. The van der Waals surface area contributed by atoms with Crippen LogP contribution in [0, 0.1) is 11.8 Å². The molecule has 0 aromatic heterocycles. The summed E-state index contributed by atoms with van der Waals surface area (Å²) < 4.78 is 0. The molecule has 0 radical (unpaired) electrons. The Morgan fingerprint density at radius 1 is 1.35 bits per heavy atom. The maximum absolute atomic E-state index is 12.3. The predicted octanol–water partition coefficient (Wildman–Crippen LogP) is 1.82. The first-order valence-corrected chi connectivity index (χ1v) is 8.39. The van der Waals surface area contributed by atoms with E-state index in [0.29, 0.717) is 24.4 Å². The molecule has 1 heterocycles. The standard InChI is InChI=1S/C16H30N2O2/c1-2-5-12(8-9-19)11-17-16(20)15-10-13-6-3-4-7-14(13)18-15/h12-15,18-19H,2-11H2,1H3,(H,17,20). The van der Waals surface area contributed by atoms with Crippen LogP contribution in [0.1, 0.15) is 58.3 Å². The van der Waals surface area contributed by atoms with Crippen molar-refractivity contribution in [1.82, 2.24) is 10.6 Å². The first kappa shape index (κ1) is 15.8. The van der Waals surface area contributed by atoms with Gasteiger partial charge in [0, 0.05) is 19.2 Å². The molecule has 1 amide bonds. The minimum atomic E-state index is 0.0134. The topological polar surface area (TPSA) is 61.4 Å². The van der Waals surface area contributed by atoms with E-state index in [4.69, 9.17) is 5.11 Å². The van der Waals surface area contributed by atoms with Crippen molar-refractivity contribution in [3.05, 3.63) is 0 Å². The minimum absolute atomic E-state index is 0.0134. The van der Waals surface area contributed by atoms with Crippen LogP contribution >= 0.6 is 0 Å². The van der Waals surface area contributed by atoms with E-state index in [0.717, 1.165) is 25.7 Å². The lowest BCUT2D eigenvalue weighted by molar-refractivity contribution is -0.123. The van der Waals surface area contributed by atoms with Crippen molar-refractivity contribution in [2.45, 2.75) is 70.4 Å². The van der Waals surface area contributed by atoms with Crippen LogP contribution in [-0.4, -0.2) is 36.2 Å². The van der Waals surface area contributed by atoms with Gasteiger partial charge in [0.25, 0.3) is 0 Å². The Labute approximate surface area is 122 Å². The van der Waals surface area contributed by atoms with Gasteiger partial charge in [-0.15, -0.1) is 0 Å². The number of fused-ring (bicyclic) bond motifs is 1. The van der Waals surface area contributed by atoms with Crippen LogP contribution in [0.4, 0.5) is 0 Å². The normalized spacial score (nSPS) is 30.8. The molecule has 4 heteroatoms. The highest BCUT2D eigenvalue weighted by molar-refractivity contribution is 5.82. The highest BCUT2D eigenvalue weighted by Crippen LogP contribution is 2.33. The maximum Gasteiger partial charge on any atom is 0.237 e. The van der Waals surface area contributed by atoms with E-state index in [2.05, 4.69) is 17.6 Å². The molecule has 116 valence electrons. The van der Waals surface area contributed by atoms with E-state index >= 15 is 0 Å². The maximum atomic E-state index is 12.3. The van der Waals surface area contributed by atoms with Gasteiger partial charge >= 0.3 is 0 Å². The largest absolute Gasteiger partial charge is 0.396 e. The molecule has 0 spiro atoms. The van der Waals surface area contributed by atoms with Gasteiger partial charge < -0.3 is 15.7 Å². The molecule has 4 unspecified atom stereocenters. The zero-order chi connectivity index (χ0) is 14.4. The Bertz CT molecular complexity index is 289. The Morgan fingerprint density at radius 3 is 2.85 bits per heavy atom. The summed E-state index contributed by atoms with van der Waals surface area (Å²) in [6, 6.07) is 0.586. The molecule has 1 saturated heterocycles. The fourth-order valence-corrected chi connectivity index (χ4v) is 3.83. The van der Waals surface area contributed by atoms with Gasteiger partial charge in [0.1, 0.15) is 0 Å². The van der Waals surface area contributed by atoms with Gasteiger partial charge in [-0.25, -0.2) is 0 Å². The summed E-state index contributed by atoms with van der Waals surface area (Å²) in [6.45, 7) is 3.07. The fourth-order valence-electron chi connectivity index (χ4n) is 3.83. The second-order valence-electron chi connectivity index (χ2n) is 6.52. The minimum Gasteiger partial charge on any atom is -0.396 e. The molecule has 2 aliphatic rings. The number of carbonyl (C=O) groups excluding carboxylic acids is 1. The van der Waals surface area contributed by atoms with Crippen molar-refractivity contribution in [2.24, 2.45) is 11.8 Å². The smallest absolute Gasteiger partial charge is 0.237 e. The third-order valence-electron chi connectivity index (χ3n) is 4.98. The first-order valence-electron chi connectivity index (χ1n) is 8.39. The predicted molar refractivity (Wildman–Crippen MR) is 80.4 cm³/mol. The average molecular weight is 282 g/mol. The van der Waals surface area contributed by atoms with E-state index in [1.807, 2.05) is 0 Å². The molecule has 1 aliphatic carbocycles. The highest BCUT2D eigenvalue weighted by Gasteiger charge is 2.38. The van der Waals surface area contributed by atoms with Gasteiger partial charge in [0.15, 0.2) is 0 Å². The summed E-state index contributed by atoms with van der Waals surface area (Å²) in [4.78, 5) is 12.3. The van der Waals surface area contributed by atoms with E-state index in [9.17, 15) is 4.79 Å². The van der Waals surface area contributed by atoms with Crippen molar-refractivity contribution in [3.8, 4) is 0 Å². The van der Waals surface area contributed by atoms with Crippen LogP contribution in [0.2, 0.25) is 0 Å². The number of hydrogen-bond acceptors (Lipinski definition) is 3. The molecule has 0 bridgehead atoms. The summed E-state index contributed by atoms with van der Waals surface area (Å²) in [7, 11) is 0. The van der Waals surface area contributed by atoms with Gasteiger partial charge in [-0.2, -0.15) is 0 Å². The van der Waals surface area contributed by atoms with E-state index in [1.165, 1.54) is 25.7 Å². The van der Waals surface area contributed by atoms with Gasteiger partial charge in [0.2, 0.25) is 5.91 Å². The van der Waals surface area contributed by atoms with Gasteiger partial charge in [-0.05, 0) is 43.9 Å². The van der Waals surface area contributed by atoms with Crippen molar-refractivity contribution in [3.63, 3.8) is 0 Å². The number of aliphatic hydroxyl groups excluding tert-OH is 1. The quantitative estimate of drug-likeness (QED) is 0.667. The third kappa shape index (κ3) is 4.19. The average Bonchev–Trinajstić information content (AvgIpc) is 2.89. The van der Waals surface area contributed by atoms with E-state index < -0.39 is 0 Å². The van der Waals surface area contributed by atoms with Crippen molar-refractivity contribution >= 4 is 5.91 Å². The SMILES string of the molecule is CCCC(CCO)CNC(=O)C1CC2CCCCC2N1. The molecule has 2 rings (SSSR count). The van der Waals surface area contributed by atoms with Crippen molar-refractivity contribution < 1.29 is 9.90 Å². The molecule has 4 atom stereocenters. The lowest BCUT2D eigenvalue weighted by Gasteiger charge is -2.24. The zero-order valence-electron chi connectivity index (χ0n) is 12.7. The number of carbonyl (C=O) groups is 1. The zero-order valence-corrected chi connectivity index (χ0v) is 12.7. The number of amides is 1. The molecule has 0 aromatic carbocycles. The summed E-state index contributed by atoms with van der Waals surface area (Å²) >= 11 is 0. The Morgan fingerprint density at radius 2 is 2.15 bits per heavy atom. The van der Waals surface area contributed by atoms with Crippen LogP contribution < -0.4 is 10.6 Å². The van der Waals surface area contributed by atoms with Gasteiger partial charge in [-0.3, -0.25) is 4.79 Å². The van der Waals surface area contributed by atoms with Crippen LogP contribution in [0.25, 0.3) is 0 Å².